The zero-order valence-corrected chi connectivity index (χ0v) is 10.7. The van der Waals surface area contributed by atoms with Crippen LogP contribution in [0.4, 0.5) is 0 Å². The second-order valence-electron chi connectivity index (χ2n) is 4.07. The van der Waals surface area contributed by atoms with Crippen molar-refractivity contribution in [3.05, 3.63) is 23.8 Å². The zero-order chi connectivity index (χ0) is 12.7. The average Bonchev–Trinajstić information content (AvgIpc) is 2.37. The van der Waals surface area contributed by atoms with Crippen LogP contribution in [0.2, 0.25) is 0 Å². The van der Waals surface area contributed by atoms with E-state index in [1.165, 1.54) is 0 Å². The molecule has 1 rings (SSSR count). The van der Waals surface area contributed by atoms with E-state index in [1.54, 1.807) is 14.2 Å². The number of ether oxygens (including phenoxy) is 2. The number of methoxy groups -OCH3 is 2. The highest BCUT2D eigenvalue weighted by atomic mass is 16.5. The molecule has 0 aliphatic heterocycles. The van der Waals surface area contributed by atoms with Gasteiger partial charge in [0, 0.05) is 25.3 Å². The average molecular weight is 239 g/mol. The van der Waals surface area contributed by atoms with Gasteiger partial charge in [-0.3, -0.25) is 0 Å². The Hall–Kier alpha value is -1.26. The van der Waals surface area contributed by atoms with Crippen molar-refractivity contribution in [1.29, 1.82) is 0 Å². The molecule has 0 aliphatic rings. The molecule has 1 aromatic carbocycles. The fourth-order valence-electron chi connectivity index (χ4n) is 1.61. The first kappa shape index (κ1) is 13.8. The number of aliphatic hydroxyl groups excluding tert-OH is 1. The summed E-state index contributed by atoms with van der Waals surface area (Å²) in [6.07, 6.45) is 0. The number of hydrogen-bond acceptors (Lipinski definition) is 4. The summed E-state index contributed by atoms with van der Waals surface area (Å²) in [5, 5.41) is 12.2. The van der Waals surface area contributed by atoms with Crippen LogP contribution in [0.5, 0.6) is 11.5 Å². The number of aliphatic hydroxyl groups is 1. The van der Waals surface area contributed by atoms with Crippen molar-refractivity contribution in [2.45, 2.75) is 13.5 Å². The summed E-state index contributed by atoms with van der Waals surface area (Å²) in [6.45, 7) is 3.67. The van der Waals surface area contributed by atoms with E-state index >= 15 is 0 Å². The van der Waals surface area contributed by atoms with Crippen LogP contribution in [-0.2, 0) is 6.54 Å². The predicted octanol–water partition coefficient (Wildman–Crippen LogP) is 1.42. The third-order valence-electron chi connectivity index (χ3n) is 2.60. The Morgan fingerprint density at radius 3 is 2.65 bits per heavy atom. The minimum absolute atomic E-state index is 0.197. The summed E-state index contributed by atoms with van der Waals surface area (Å²) >= 11 is 0. The van der Waals surface area contributed by atoms with Crippen LogP contribution in [0.3, 0.4) is 0 Å². The van der Waals surface area contributed by atoms with Crippen LogP contribution in [0.25, 0.3) is 0 Å². The van der Waals surface area contributed by atoms with Crippen LogP contribution in [0, 0.1) is 5.92 Å². The van der Waals surface area contributed by atoms with Gasteiger partial charge in [0.1, 0.15) is 0 Å². The minimum Gasteiger partial charge on any atom is -0.493 e. The van der Waals surface area contributed by atoms with Gasteiger partial charge in [-0.05, 0) is 12.0 Å². The summed E-state index contributed by atoms with van der Waals surface area (Å²) in [4.78, 5) is 0. The quantitative estimate of drug-likeness (QED) is 0.755. The van der Waals surface area contributed by atoms with E-state index in [0.29, 0.717) is 6.54 Å². The van der Waals surface area contributed by atoms with Gasteiger partial charge in [-0.2, -0.15) is 0 Å². The Balaban J connectivity index is 2.64. The summed E-state index contributed by atoms with van der Waals surface area (Å²) < 4.78 is 10.6. The van der Waals surface area contributed by atoms with Gasteiger partial charge in [0.15, 0.2) is 11.5 Å². The van der Waals surface area contributed by atoms with Crippen molar-refractivity contribution in [1.82, 2.24) is 5.32 Å². The molecule has 0 saturated heterocycles. The fourth-order valence-corrected chi connectivity index (χ4v) is 1.61. The first-order valence-corrected chi connectivity index (χ1v) is 5.74. The summed E-state index contributed by atoms with van der Waals surface area (Å²) in [7, 11) is 3.26. The first-order chi connectivity index (χ1) is 8.22. The van der Waals surface area contributed by atoms with Crippen molar-refractivity contribution in [2.75, 3.05) is 27.4 Å². The minimum atomic E-state index is 0.197. The van der Waals surface area contributed by atoms with E-state index in [1.807, 2.05) is 25.1 Å². The molecule has 0 aliphatic carbocycles. The molecular weight excluding hydrogens is 218 g/mol. The highest BCUT2D eigenvalue weighted by molar-refractivity contribution is 5.46. The molecule has 0 bridgehead atoms. The largest absolute Gasteiger partial charge is 0.493 e. The number of para-hydroxylation sites is 1. The lowest BCUT2D eigenvalue weighted by Crippen LogP contribution is -2.23. The second kappa shape index (κ2) is 7.14. The maximum absolute atomic E-state index is 8.93. The Morgan fingerprint density at radius 1 is 1.29 bits per heavy atom. The molecule has 1 unspecified atom stereocenters. The van der Waals surface area contributed by atoms with Gasteiger partial charge in [0.2, 0.25) is 0 Å². The van der Waals surface area contributed by atoms with Gasteiger partial charge < -0.3 is 19.9 Å². The maximum atomic E-state index is 8.93. The van der Waals surface area contributed by atoms with Gasteiger partial charge >= 0.3 is 0 Å². The number of hydrogen-bond donors (Lipinski definition) is 2. The van der Waals surface area contributed by atoms with Gasteiger partial charge in [-0.15, -0.1) is 0 Å². The lowest BCUT2D eigenvalue weighted by Gasteiger charge is -2.14. The smallest absolute Gasteiger partial charge is 0.165 e. The van der Waals surface area contributed by atoms with Crippen molar-refractivity contribution >= 4 is 0 Å². The topological polar surface area (TPSA) is 50.7 Å². The van der Waals surface area contributed by atoms with Crippen LogP contribution in [0.15, 0.2) is 18.2 Å². The highest BCUT2D eigenvalue weighted by Crippen LogP contribution is 2.30. The molecule has 0 heterocycles. The molecule has 1 aromatic rings. The predicted molar refractivity (Wildman–Crippen MR) is 67.5 cm³/mol. The lowest BCUT2D eigenvalue weighted by molar-refractivity contribution is 0.233. The van der Waals surface area contributed by atoms with Gasteiger partial charge in [-0.25, -0.2) is 0 Å². The van der Waals surface area contributed by atoms with Crippen molar-refractivity contribution in [3.63, 3.8) is 0 Å². The number of nitrogens with one attached hydrogen (secondary N) is 1. The molecule has 96 valence electrons. The Labute approximate surface area is 103 Å². The Morgan fingerprint density at radius 2 is 2.06 bits per heavy atom. The van der Waals surface area contributed by atoms with Crippen molar-refractivity contribution < 1.29 is 14.6 Å². The first-order valence-electron chi connectivity index (χ1n) is 5.74. The second-order valence-corrected chi connectivity index (χ2v) is 4.07. The van der Waals surface area contributed by atoms with Crippen LogP contribution < -0.4 is 14.8 Å². The number of benzene rings is 1. The third kappa shape index (κ3) is 3.91. The molecule has 0 spiro atoms. The van der Waals surface area contributed by atoms with E-state index in [2.05, 4.69) is 5.32 Å². The fraction of sp³-hybridized carbons (Fsp3) is 0.538. The summed E-state index contributed by atoms with van der Waals surface area (Å²) in [5.74, 6) is 1.76. The van der Waals surface area contributed by atoms with E-state index in [4.69, 9.17) is 14.6 Å². The molecule has 4 heteroatoms. The van der Waals surface area contributed by atoms with Crippen LogP contribution >= 0.6 is 0 Å². The molecule has 2 N–H and O–H groups in total. The van der Waals surface area contributed by atoms with E-state index in [0.717, 1.165) is 23.6 Å². The molecule has 4 nitrogen and oxygen atoms in total. The SMILES string of the molecule is COc1cccc(CNCC(C)CO)c1OC. The zero-order valence-electron chi connectivity index (χ0n) is 10.7. The molecule has 1 atom stereocenters. The number of rotatable bonds is 7. The van der Waals surface area contributed by atoms with Gasteiger partial charge in [0.25, 0.3) is 0 Å². The van der Waals surface area contributed by atoms with E-state index < -0.39 is 0 Å². The molecule has 0 radical (unpaired) electrons. The van der Waals surface area contributed by atoms with Crippen molar-refractivity contribution in [3.8, 4) is 11.5 Å². The molecule has 0 amide bonds. The van der Waals surface area contributed by atoms with Crippen LogP contribution in [0.1, 0.15) is 12.5 Å². The van der Waals surface area contributed by atoms with E-state index in [-0.39, 0.29) is 12.5 Å². The Bertz CT molecular complexity index is 341. The Kier molecular flexibility index (Phi) is 5.80. The third-order valence-corrected chi connectivity index (χ3v) is 2.60. The highest BCUT2D eigenvalue weighted by Gasteiger charge is 2.09. The standard InChI is InChI=1S/C13H21NO3/c1-10(9-15)7-14-8-11-5-4-6-12(16-2)13(11)17-3/h4-6,10,14-15H,7-9H2,1-3H3. The maximum Gasteiger partial charge on any atom is 0.165 e. The molecule has 0 saturated carbocycles. The van der Waals surface area contributed by atoms with Crippen LogP contribution in [-0.4, -0.2) is 32.5 Å². The monoisotopic (exact) mass is 239 g/mol. The van der Waals surface area contributed by atoms with Gasteiger partial charge in [0.05, 0.1) is 14.2 Å². The molecule has 0 fully saturated rings. The summed E-state index contributed by atoms with van der Waals surface area (Å²) in [6, 6.07) is 5.81. The van der Waals surface area contributed by atoms with Gasteiger partial charge in [-0.1, -0.05) is 19.1 Å². The van der Waals surface area contributed by atoms with E-state index in [9.17, 15) is 0 Å². The molecular formula is C13H21NO3. The molecule has 17 heavy (non-hydrogen) atoms. The molecule has 0 aromatic heterocycles. The normalized spacial score (nSPS) is 12.2. The summed E-state index contributed by atoms with van der Waals surface area (Å²) in [5.41, 5.74) is 1.05. The van der Waals surface area contributed by atoms with Crippen molar-refractivity contribution in [2.24, 2.45) is 5.92 Å². The lowest BCUT2D eigenvalue weighted by atomic mass is 10.1.